The van der Waals surface area contributed by atoms with Gasteiger partial charge in [0.25, 0.3) is 5.56 Å². The molecule has 0 saturated carbocycles. The molecule has 2 N–H and O–H groups in total. The molecule has 1 aromatic heterocycles. The molecule has 0 unspecified atom stereocenters. The number of carbonyl (C=O) groups is 1. The van der Waals surface area contributed by atoms with E-state index in [0.29, 0.717) is 22.1 Å². The van der Waals surface area contributed by atoms with Crippen LogP contribution in [-0.4, -0.2) is 22.0 Å². The van der Waals surface area contributed by atoms with Gasteiger partial charge in [-0.15, -0.1) is 0 Å². The van der Waals surface area contributed by atoms with E-state index in [2.05, 4.69) is 15.4 Å². The Bertz CT molecular complexity index is 1040. The van der Waals surface area contributed by atoms with Crippen LogP contribution in [0.25, 0.3) is 5.69 Å². The third-order valence-electron chi connectivity index (χ3n) is 3.59. The summed E-state index contributed by atoms with van der Waals surface area (Å²) in [6, 6.07) is 11.4. The summed E-state index contributed by atoms with van der Waals surface area (Å²) in [6.45, 7) is 1.70. The number of amides is 2. The highest BCUT2D eigenvalue weighted by Crippen LogP contribution is 2.13. The number of benzene rings is 2. The lowest BCUT2D eigenvalue weighted by molar-refractivity contribution is 0.259. The van der Waals surface area contributed by atoms with E-state index in [-0.39, 0.29) is 11.1 Å². The minimum Gasteiger partial charge on any atom is -0.306 e. The molecule has 0 bridgehead atoms. The molecule has 0 saturated heterocycles. The van der Waals surface area contributed by atoms with Crippen molar-refractivity contribution < 1.29 is 9.18 Å². The minimum atomic E-state index is -0.675. The number of aliphatic imine (C=N–C) groups is 1. The highest BCUT2D eigenvalue weighted by atomic mass is 35.5. The molecule has 2 aromatic carbocycles. The van der Waals surface area contributed by atoms with E-state index in [1.807, 2.05) is 0 Å². The van der Waals surface area contributed by atoms with Crippen molar-refractivity contribution in [2.45, 2.75) is 6.92 Å². The van der Waals surface area contributed by atoms with Gasteiger partial charge in [-0.1, -0.05) is 17.7 Å². The summed E-state index contributed by atoms with van der Waals surface area (Å²) in [5, 5.41) is 5.90. The molecular formula is C18H14ClFN4O2. The summed E-state index contributed by atoms with van der Waals surface area (Å²) >= 11 is 5.95. The van der Waals surface area contributed by atoms with E-state index >= 15 is 0 Å². The molecule has 6 nitrogen and oxygen atoms in total. The Morgan fingerprint density at radius 3 is 2.69 bits per heavy atom. The molecule has 0 aliphatic rings. The molecule has 1 heterocycles. The number of carbonyl (C=O) groups excluding carboxylic acids is 1. The van der Waals surface area contributed by atoms with Crippen LogP contribution in [0.3, 0.4) is 0 Å². The van der Waals surface area contributed by atoms with Crippen molar-refractivity contribution in [1.29, 1.82) is 0 Å². The second kappa shape index (κ2) is 7.37. The Morgan fingerprint density at radius 2 is 2.00 bits per heavy atom. The van der Waals surface area contributed by atoms with Gasteiger partial charge < -0.3 is 5.32 Å². The number of H-pyrrole nitrogens is 1. The van der Waals surface area contributed by atoms with E-state index in [0.717, 1.165) is 0 Å². The second-order valence-electron chi connectivity index (χ2n) is 5.47. The fourth-order valence-corrected chi connectivity index (χ4v) is 2.51. The van der Waals surface area contributed by atoms with Crippen molar-refractivity contribution in [2.75, 3.05) is 5.32 Å². The molecule has 0 aliphatic heterocycles. The SMILES string of the molecule is Cc1[nH]n(-c2cccc(Cl)c2)c(=O)c1C=NC(=O)Nc1ccc(F)cc1. The van der Waals surface area contributed by atoms with Gasteiger partial charge >= 0.3 is 6.03 Å². The average Bonchev–Trinajstić information content (AvgIpc) is 2.89. The molecule has 0 fully saturated rings. The number of anilines is 1. The van der Waals surface area contributed by atoms with E-state index < -0.39 is 11.8 Å². The molecule has 132 valence electrons. The van der Waals surface area contributed by atoms with Crippen LogP contribution in [-0.2, 0) is 0 Å². The predicted octanol–water partition coefficient (Wildman–Crippen LogP) is 3.92. The lowest BCUT2D eigenvalue weighted by Crippen LogP contribution is -2.17. The van der Waals surface area contributed by atoms with E-state index in [1.54, 1.807) is 31.2 Å². The number of aromatic nitrogens is 2. The second-order valence-corrected chi connectivity index (χ2v) is 5.90. The van der Waals surface area contributed by atoms with Gasteiger partial charge in [0.15, 0.2) is 0 Å². The largest absolute Gasteiger partial charge is 0.345 e. The summed E-state index contributed by atoms with van der Waals surface area (Å²) in [6.07, 6.45) is 1.19. The summed E-state index contributed by atoms with van der Waals surface area (Å²) < 4.78 is 14.2. The predicted molar refractivity (Wildman–Crippen MR) is 99.1 cm³/mol. The van der Waals surface area contributed by atoms with Crippen molar-refractivity contribution in [3.05, 3.63) is 81.0 Å². The molecule has 2 amide bonds. The monoisotopic (exact) mass is 372 g/mol. The normalized spacial score (nSPS) is 11.0. The van der Waals surface area contributed by atoms with Crippen LogP contribution in [0.5, 0.6) is 0 Å². The number of urea groups is 1. The summed E-state index contributed by atoms with van der Waals surface area (Å²) in [4.78, 5) is 28.1. The van der Waals surface area contributed by atoms with Crippen LogP contribution in [0.2, 0.25) is 5.02 Å². The topological polar surface area (TPSA) is 79.2 Å². The lowest BCUT2D eigenvalue weighted by Gasteiger charge is -2.01. The van der Waals surface area contributed by atoms with E-state index in [4.69, 9.17) is 11.6 Å². The zero-order chi connectivity index (χ0) is 18.7. The Morgan fingerprint density at radius 1 is 1.27 bits per heavy atom. The van der Waals surface area contributed by atoms with Gasteiger partial charge in [-0.2, -0.15) is 0 Å². The van der Waals surface area contributed by atoms with Gasteiger partial charge in [0, 0.05) is 22.6 Å². The Labute approximate surface area is 152 Å². The first kappa shape index (κ1) is 17.6. The molecule has 0 radical (unpaired) electrons. The fourth-order valence-electron chi connectivity index (χ4n) is 2.32. The third-order valence-corrected chi connectivity index (χ3v) is 3.82. The fraction of sp³-hybridized carbons (Fsp3) is 0.0556. The first-order valence-corrected chi connectivity index (χ1v) is 8.00. The summed E-state index contributed by atoms with van der Waals surface area (Å²) in [7, 11) is 0. The van der Waals surface area contributed by atoms with Crippen molar-refractivity contribution >= 4 is 29.5 Å². The third kappa shape index (κ3) is 3.89. The highest BCUT2D eigenvalue weighted by Gasteiger charge is 2.11. The van der Waals surface area contributed by atoms with Crippen molar-refractivity contribution in [1.82, 2.24) is 9.78 Å². The molecule has 3 aromatic rings. The van der Waals surface area contributed by atoms with Crippen LogP contribution < -0.4 is 10.9 Å². The first-order chi connectivity index (χ1) is 12.4. The molecular weight excluding hydrogens is 359 g/mol. The van der Waals surface area contributed by atoms with Crippen LogP contribution in [0.1, 0.15) is 11.3 Å². The van der Waals surface area contributed by atoms with Gasteiger partial charge in [0.2, 0.25) is 0 Å². The maximum absolute atomic E-state index is 12.9. The van der Waals surface area contributed by atoms with Gasteiger partial charge in [-0.05, 0) is 49.4 Å². The zero-order valence-electron chi connectivity index (χ0n) is 13.7. The van der Waals surface area contributed by atoms with E-state index in [1.165, 1.54) is 35.2 Å². The maximum atomic E-state index is 12.9. The van der Waals surface area contributed by atoms with Gasteiger partial charge in [0.1, 0.15) is 5.82 Å². The summed E-state index contributed by atoms with van der Waals surface area (Å²) in [5.74, 6) is -0.406. The van der Waals surface area contributed by atoms with Gasteiger partial charge in [-0.3, -0.25) is 9.89 Å². The van der Waals surface area contributed by atoms with Crippen molar-refractivity contribution in [3.63, 3.8) is 0 Å². The van der Waals surface area contributed by atoms with Crippen LogP contribution in [0.15, 0.2) is 58.3 Å². The first-order valence-electron chi connectivity index (χ1n) is 7.62. The number of nitrogens with zero attached hydrogens (tertiary/aromatic N) is 2. The van der Waals surface area contributed by atoms with Gasteiger partial charge in [-0.25, -0.2) is 18.9 Å². The number of halogens is 2. The Balaban J connectivity index is 1.81. The van der Waals surface area contributed by atoms with Crippen LogP contribution in [0, 0.1) is 12.7 Å². The van der Waals surface area contributed by atoms with Crippen LogP contribution >= 0.6 is 11.6 Å². The number of hydrogen-bond acceptors (Lipinski definition) is 2. The van der Waals surface area contributed by atoms with Gasteiger partial charge in [0.05, 0.1) is 11.3 Å². The highest BCUT2D eigenvalue weighted by molar-refractivity contribution is 6.30. The molecule has 0 spiro atoms. The number of nitrogens with one attached hydrogen (secondary N) is 2. The average molecular weight is 373 g/mol. The quantitative estimate of drug-likeness (QED) is 0.683. The van der Waals surface area contributed by atoms with E-state index in [9.17, 15) is 14.0 Å². The molecule has 26 heavy (non-hydrogen) atoms. The number of aryl methyl sites for hydroxylation is 1. The van der Waals surface area contributed by atoms with Crippen molar-refractivity contribution in [2.24, 2.45) is 4.99 Å². The number of aromatic amines is 1. The Kier molecular flexibility index (Phi) is 4.99. The van der Waals surface area contributed by atoms with Crippen molar-refractivity contribution in [3.8, 4) is 5.69 Å². The molecule has 0 aliphatic carbocycles. The maximum Gasteiger partial charge on any atom is 0.345 e. The Hall–Kier alpha value is -3.19. The molecule has 8 heteroatoms. The molecule has 3 rings (SSSR count). The smallest absolute Gasteiger partial charge is 0.306 e. The standard InChI is InChI=1S/C18H14ClFN4O2/c1-11-16(10-21-18(26)22-14-7-5-13(20)6-8-14)17(25)24(23-11)15-4-2-3-12(19)9-15/h2-10,23H,1H3,(H,22,26). The molecule has 0 atom stereocenters. The van der Waals surface area contributed by atoms with Crippen LogP contribution in [0.4, 0.5) is 14.9 Å². The number of rotatable bonds is 3. The minimum absolute atomic E-state index is 0.249. The zero-order valence-corrected chi connectivity index (χ0v) is 14.4. The lowest BCUT2D eigenvalue weighted by atomic mass is 10.3. The number of hydrogen-bond donors (Lipinski definition) is 2. The summed E-state index contributed by atoms with van der Waals surface area (Å²) in [5.41, 5.74) is 1.41.